The van der Waals surface area contributed by atoms with Crippen LogP contribution in [0.2, 0.25) is 0 Å². The average Bonchev–Trinajstić information content (AvgIpc) is 1.69. The van der Waals surface area contributed by atoms with E-state index >= 15 is 0 Å². The monoisotopic (exact) mass is 119 g/mol. The maximum Gasteiger partial charge on any atom is -0.0106 e. The normalized spacial score (nSPS) is 4.25. The van der Waals surface area contributed by atoms with Gasteiger partial charge < -0.3 is 5.73 Å². The van der Waals surface area contributed by atoms with E-state index in [4.69, 9.17) is 11.3 Å². The molecule has 0 bridgehead atoms. The molecule has 0 aromatic rings. The minimum atomic E-state index is 0. The summed E-state index contributed by atoms with van der Waals surface area (Å²) < 4.78 is 0. The Balaban J connectivity index is -0.0000000575. The predicted molar refractivity (Wildman–Crippen MR) is 34.8 cm³/mol. The molecule has 0 aliphatic rings. The first-order valence-electron chi connectivity index (χ1n) is 1.77. The summed E-state index contributed by atoms with van der Waals surface area (Å²) in [4.78, 5) is 2.14. The van der Waals surface area contributed by atoms with Crippen LogP contribution in [0.4, 0.5) is 0 Å². The molecule has 0 aliphatic carbocycles. The van der Waals surface area contributed by atoms with Gasteiger partial charge in [-0.2, -0.15) is 4.91 Å². The second-order valence-electron chi connectivity index (χ2n) is 0.613. The summed E-state index contributed by atoms with van der Waals surface area (Å²) in [7, 11) is 0. The van der Waals surface area contributed by atoms with E-state index < -0.39 is 0 Å². The van der Waals surface area contributed by atoms with E-state index in [0.717, 1.165) is 6.54 Å². The van der Waals surface area contributed by atoms with Crippen molar-refractivity contribution in [2.45, 2.75) is 14.4 Å². The number of hydrogen-bond acceptors (Lipinski definition) is 2. The Morgan fingerprint density at radius 3 is 1.88 bits per heavy atom. The highest BCUT2D eigenvalue weighted by Gasteiger charge is 1.32. The van der Waals surface area contributed by atoms with E-state index in [1.807, 2.05) is 6.92 Å². The van der Waals surface area contributed by atoms with Crippen LogP contribution in [-0.4, -0.2) is 6.54 Å². The lowest BCUT2D eigenvalue weighted by molar-refractivity contribution is 1.14. The molecule has 0 radical (unpaired) electrons. The van der Waals surface area contributed by atoms with Crippen LogP contribution in [0.5, 0.6) is 0 Å². The second-order valence-corrected chi connectivity index (χ2v) is 0.613. The van der Waals surface area contributed by atoms with Gasteiger partial charge in [-0.15, -0.1) is 5.53 Å². The summed E-state index contributed by atoms with van der Waals surface area (Å²) in [5.74, 6) is 4.24. The summed E-state index contributed by atoms with van der Waals surface area (Å²) >= 11 is 0. The molecule has 0 saturated carbocycles. The Kier molecular flexibility index (Phi) is 71.6. The molecule has 0 atom stereocenters. The van der Waals surface area contributed by atoms with Gasteiger partial charge in [-0.3, -0.25) is 5.84 Å². The largest absolute Gasteiger partial charge is 0.331 e. The fraction of sp³-hybridized carbons (Fsp3) is 1.00. The number of azide groups is 1. The fourth-order valence-corrected chi connectivity index (χ4v) is 0. The summed E-state index contributed by atoms with van der Waals surface area (Å²) in [5, 5.41) is 2.42. The average molecular weight is 119 g/mol. The molecule has 0 rings (SSSR count). The van der Waals surface area contributed by atoms with Gasteiger partial charge in [0.05, 0.1) is 0 Å². The van der Waals surface area contributed by atoms with Gasteiger partial charge >= 0.3 is 0 Å². The van der Waals surface area contributed by atoms with E-state index in [2.05, 4.69) is 16.0 Å². The van der Waals surface area contributed by atoms with Gasteiger partial charge in [0.15, 0.2) is 0 Å². The third-order valence-corrected chi connectivity index (χ3v) is 0.0516. The highest BCUT2D eigenvalue weighted by molar-refractivity contribution is 4.28. The highest BCUT2D eigenvalue weighted by Crippen LogP contribution is 1.38. The third-order valence-electron chi connectivity index (χ3n) is 0.0516. The first-order valence-corrected chi connectivity index (χ1v) is 1.77. The van der Waals surface area contributed by atoms with Gasteiger partial charge in [-0.25, -0.2) is 0 Å². The molecule has 0 saturated heterocycles. The van der Waals surface area contributed by atoms with Crippen molar-refractivity contribution in [2.24, 2.45) is 16.8 Å². The fourth-order valence-electron chi connectivity index (χ4n) is 0. The predicted octanol–water partition coefficient (Wildman–Crippen LogP) is 0.772. The Labute approximate surface area is 49.3 Å². The Morgan fingerprint density at radius 2 is 1.88 bits per heavy atom. The van der Waals surface area contributed by atoms with Crippen LogP contribution in [0.25, 0.3) is 10.4 Å². The van der Waals surface area contributed by atoms with Crippen molar-refractivity contribution in [1.29, 1.82) is 0 Å². The van der Waals surface area contributed by atoms with Crippen LogP contribution in [0.3, 0.4) is 0 Å². The van der Waals surface area contributed by atoms with Gasteiger partial charge in [-0.05, 0) is 11.8 Å². The molecule has 0 amide bonds. The molecule has 0 aliphatic heterocycles. The maximum absolute atomic E-state index is 7.21. The first kappa shape index (κ1) is 15.7. The molecule has 50 valence electrons. The highest BCUT2D eigenvalue weighted by atomic mass is 15.3. The van der Waals surface area contributed by atoms with Gasteiger partial charge in [-0.1, -0.05) is 14.4 Å². The standard InChI is InChI=1S/C2H7N.CH4.H2N4/c1-2-3;;1-3-4-2/h2-3H2,1H3;1H4;1H2. The van der Waals surface area contributed by atoms with E-state index in [-0.39, 0.29) is 7.43 Å². The van der Waals surface area contributed by atoms with Gasteiger partial charge in [0.2, 0.25) is 0 Å². The lowest BCUT2D eigenvalue weighted by Gasteiger charge is -1.53. The van der Waals surface area contributed by atoms with Crippen molar-refractivity contribution in [3.63, 3.8) is 0 Å². The Hall–Kier alpha value is -0.930. The molecule has 8 heavy (non-hydrogen) atoms. The summed E-state index contributed by atoms with van der Waals surface area (Å²) in [6, 6.07) is 0. The molecular formula is C3H13N5. The zero-order chi connectivity index (χ0) is 6.12. The second kappa shape index (κ2) is 36.4. The van der Waals surface area contributed by atoms with Crippen LogP contribution < -0.4 is 11.6 Å². The number of hydrogen-bond donors (Lipinski definition) is 2. The lowest BCUT2D eigenvalue weighted by Crippen LogP contribution is -1.87. The summed E-state index contributed by atoms with van der Waals surface area (Å²) in [6.07, 6.45) is 0. The van der Waals surface area contributed by atoms with Crippen molar-refractivity contribution < 1.29 is 0 Å². The van der Waals surface area contributed by atoms with E-state index in [0.29, 0.717) is 0 Å². The number of nitrogens with zero attached hydrogens (tertiary/aromatic N) is 3. The molecule has 5 nitrogen and oxygen atoms in total. The van der Waals surface area contributed by atoms with Gasteiger partial charge in [0, 0.05) is 0 Å². The van der Waals surface area contributed by atoms with Crippen LogP contribution in [0.15, 0.2) is 5.22 Å². The Bertz CT molecular complexity index is 54.7. The topological polar surface area (TPSA) is 101 Å². The lowest BCUT2D eigenvalue weighted by atomic mass is 10.8. The van der Waals surface area contributed by atoms with Crippen LogP contribution in [0.1, 0.15) is 14.4 Å². The molecule has 5 heteroatoms. The van der Waals surface area contributed by atoms with E-state index in [1.54, 1.807) is 0 Å². The first-order chi connectivity index (χ1) is 3.33. The van der Waals surface area contributed by atoms with Crippen LogP contribution >= 0.6 is 0 Å². The minimum absolute atomic E-state index is 0. The van der Waals surface area contributed by atoms with E-state index in [9.17, 15) is 0 Å². The molecule has 0 fully saturated rings. The van der Waals surface area contributed by atoms with Crippen molar-refractivity contribution in [1.82, 2.24) is 0 Å². The molecule has 0 aromatic heterocycles. The number of rotatable bonds is 0. The zero-order valence-corrected chi connectivity index (χ0v) is 4.20. The van der Waals surface area contributed by atoms with Crippen molar-refractivity contribution in [3.05, 3.63) is 10.4 Å². The molecule has 0 spiro atoms. The van der Waals surface area contributed by atoms with Gasteiger partial charge in [0.25, 0.3) is 0 Å². The third kappa shape index (κ3) is 17100. The van der Waals surface area contributed by atoms with Gasteiger partial charge in [0.1, 0.15) is 0 Å². The summed E-state index contributed by atoms with van der Waals surface area (Å²) in [6.45, 7) is 2.65. The van der Waals surface area contributed by atoms with Crippen molar-refractivity contribution in [2.75, 3.05) is 6.54 Å². The van der Waals surface area contributed by atoms with Crippen molar-refractivity contribution >= 4 is 0 Å². The molecule has 0 heterocycles. The van der Waals surface area contributed by atoms with E-state index in [1.165, 1.54) is 0 Å². The van der Waals surface area contributed by atoms with Crippen LogP contribution in [0, 0.1) is 0 Å². The molecule has 4 N–H and O–H groups in total. The molecule has 0 aromatic carbocycles. The molecular weight excluding hydrogens is 106 g/mol. The quantitative estimate of drug-likeness (QED) is 0.162. The number of nitrogens with two attached hydrogens (primary N) is 2. The van der Waals surface area contributed by atoms with Crippen molar-refractivity contribution in [3.8, 4) is 0 Å². The molecule has 0 unspecified atom stereocenters. The zero-order valence-electron chi connectivity index (χ0n) is 4.20. The maximum atomic E-state index is 7.21. The smallest absolute Gasteiger partial charge is 0.0106 e. The minimum Gasteiger partial charge on any atom is -0.331 e. The Morgan fingerprint density at radius 1 is 1.75 bits per heavy atom. The van der Waals surface area contributed by atoms with Crippen LogP contribution in [-0.2, 0) is 0 Å². The summed E-state index contributed by atoms with van der Waals surface area (Å²) in [5.41, 5.74) is 12.1. The SMILES string of the molecule is C.CCN.[N-]=[N+]=NN.